The van der Waals surface area contributed by atoms with E-state index in [0.29, 0.717) is 12.1 Å². The van der Waals surface area contributed by atoms with Crippen molar-refractivity contribution in [3.63, 3.8) is 0 Å². The van der Waals surface area contributed by atoms with Crippen molar-refractivity contribution in [2.24, 2.45) is 17.3 Å². The van der Waals surface area contributed by atoms with Crippen LogP contribution in [0.15, 0.2) is 24.3 Å². The van der Waals surface area contributed by atoms with Gasteiger partial charge in [0.05, 0.1) is 5.56 Å². The molecule has 0 radical (unpaired) electrons. The van der Waals surface area contributed by atoms with Gasteiger partial charge in [-0.3, -0.25) is 9.59 Å². The van der Waals surface area contributed by atoms with Gasteiger partial charge in [0.15, 0.2) is 0 Å². The molecule has 29 heavy (non-hydrogen) atoms. The topological polar surface area (TPSA) is 73.5 Å². The molecule has 3 fully saturated rings. The van der Waals surface area contributed by atoms with Crippen LogP contribution in [0.25, 0.3) is 0 Å². The van der Waals surface area contributed by atoms with Gasteiger partial charge in [0, 0.05) is 30.6 Å². The minimum Gasteiger partial charge on any atom is -0.362 e. The predicted octanol–water partition coefficient (Wildman–Crippen LogP) is 2.82. The van der Waals surface area contributed by atoms with E-state index in [1.807, 2.05) is 24.3 Å². The van der Waals surface area contributed by atoms with Crippen molar-refractivity contribution in [2.45, 2.75) is 52.1 Å². The zero-order chi connectivity index (χ0) is 20.6. The van der Waals surface area contributed by atoms with Crippen LogP contribution in [-0.2, 0) is 4.79 Å². The number of para-hydroxylation sites is 1. The van der Waals surface area contributed by atoms with Gasteiger partial charge in [-0.1, -0.05) is 32.9 Å². The quantitative estimate of drug-likeness (QED) is 0.689. The number of nitrogens with one attached hydrogen (secondary N) is 3. The molecule has 6 nitrogen and oxygen atoms in total. The summed E-state index contributed by atoms with van der Waals surface area (Å²) in [6.07, 6.45) is 3.68. The van der Waals surface area contributed by atoms with Crippen LogP contribution >= 0.6 is 0 Å². The molecule has 1 aromatic carbocycles. The Morgan fingerprint density at radius 1 is 1.24 bits per heavy atom. The van der Waals surface area contributed by atoms with E-state index >= 15 is 0 Å². The fourth-order valence-corrected chi connectivity index (χ4v) is 5.85. The standard InChI is InChI=1S/C23H34N4O2/c1-4-27(5-2)13-12-24-21(29)18-14-16-10-11-22(18,3)15-23(16)25-19-9-7-6-8-17(19)20(28)26-23/h6-9,16,18,25H,4-5,10-15H2,1-3H3,(H,24,29)(H,26,28)/t16?,18?,22?,23-/m0/s1. The van der Waals surface area contributed by atoms with Gasteiger partial charge in [-0.2, -0.15) is 0 Å². The van der Waals surface area contributed by atoms with Gasteiger partial charge in [-0.05, 0) is 56.3 Å². The highest BCUT2D eigenvalue weighted by atomic mass is 16.2. The minimum absolute atomic E-state index is 0.00396. The molecule has 1 aliphatic heterocycles. The highest BCUT2D eigenvalue weighted by molar-refractivity contribution is 6.02. The summed E-state index contributed by atoms with van der Waals surface area (Å²) in [7, 11) is 0. The van der Waals surface area contributed by atoms with Crippen molar-refractivity contribution in [1.29, 1.82) is 0 Å². The zero-order valence-corrected chi connectivity index (χ0v) is 17.9. The third kappa shape index (κ3) is 3.52. The minimum atomic E-state index is -0.434. The second-order valence-corrected chi connectivity index (χ2v) is 9.27. The second-order valence-electron chi connectivity index (χ2n) is 9.27. The first kappa shape index (κ1) is 20.2. The summed E-state index contributed by atoms with van der Waals surface area (Å²) in [6.45, 7) is 10.1. The molecule has 1 spiro atoms. The van der Waals surface area contributed by atoms with Gasteiger partial charge < -0.3 is 20.9 Å². The number of carbonyl (C=O) groups is 2. The van der Waals surface area contributed by atoms with Crippen molar-refractivity contribution in [1.82, 2.24) is 15.5 Å². The lowest BCUT2D eigenvalue weighted by Crippen LogP contribution is -2.70. The molecule has 1 aromatic rings. The second kappa shape index (κ2) is 7.63. The lowest BCUT2D eigenvalue weighted by atomic mass is 9.51. The van der Waals surface area contributed by atoms with E-state index in [1.54, 1.807) is 0 Å². The third-order valence-electron chi connectivity index (χ3n) is 7.61. The van der Waals surface area contributed by atoms with E-state index in [4.69, 9.17) is 0 Å². The van der Waals surface area contributed by atoms with Crippen LogP contribution in [0.4, 0.5) is 5.69 Å². The fraction of sp³-hybridized carbons (Fsp3) is 0.652. The Morgan fingerprint density at radius 2 is 2.00 bits per heavy atom. The van der Waals surface area contributed by atoms with Gasteiger partial charge in [0.1, 0.15) is 5.66 Å². The van der Waals surface area contributed by atoms with Gasteiger partial charge in [-0.15, -0.1) is 0 Å². The SMILES string of the molecule is CCN(CC)CCNC(=O)C1CC2CCC1(C)C[C@]21NC(=O)c2ccccc2N1. The first-order valence-electron chi connectivity index (χ1n) is 11.1. The van der Waals surface area contributed by atoms with Gasteiger partial charge >= 0.3 is 0 Å². The number of hydrogen-bond acceptors (Lipinski definition) is 4. The van der Waals surface area contributed by atoms with E-state index in [9.17, 15) is 9.59 Å². The summed E-state index contributed by atoms with van der Waals surface area (Å²) < 4.78 is 0. The fourth-order valence-electron chi connectivity index (χ4n) is 5.85. The molecule has 5 rings (SSSR count). The normalized spacial score (nSPS) is 32.6. The van der Waals surface area contributed by atoms with Crippen LogP contribution in [0.5, 0.6) is 0 Å². The van der Waals surface area contributed by atoms with E-state index in [2.05, 4.69) is 41.6 Å². The van der Waals surface area contributed by atoms with Crippen molar-refractivity contribution in [3.05, 3.63) is 29.8 Å². The lowest BCUT2D eigenvalue weighted by molar-refractivity contribution is -0.139. The highest BCUT2D eigenvalue weighted by Crippen LogP contribution is 2.58. The highest BCUT2D eigenvalue weighted by Gasteiger charge is 2.60. The summed E-state index contributed by atoms with van der Waals surface area (Å²) in [5, 5.41) is 10.1. The van der Waals surface area contributed by atoms with Crippen molar-refractivity contribution >= 4 is 17.5 Å². The molecule has 3 aliphatic carbocycles. The first-order chi connectivity index (χ1) is 13.9. The molecule has 3 saturated carbocycles. The van der Waals surface area contributed by atoms with E-state index in [0.717, 1.165) is 51.0 Å². The molecule has 3 N–H and O–H groups in total. The summed E-state index contributed by atoms with van der Waals surface area (Å²) in [5.41, 5.74) is 1.07. The number of nitrogens with zero attached hydrogens (tertiary/aromatic N) is 1. The number of rotatable bonds is 6. The molecular formula is C23H34N4O2. The van der Waals surface area contributed by atoms with Gasteiger partial charge in [0.2, 0.25) is 5.91 Å². The van der Waals surface area contributed by atoms with E-state index in [-0.39, 0.29) is 29.1 Å². The molecule has 1 heterocycles. The number of hydrogen-bond donors (Lipinski definition) is 3. The monoisotopic (exact) mass is 398 g/mol. The Morgan fingerprint density at radius 3 is 2.72 bits per heavy atom. The predicted molar refractivity (Wildman–Crippen MR) is 115 cm³/mol. The maximum atomic E-state index is 13.0. The molecule has 2 amide bonds. The first-order valence-corrected chi connectivity index (χ1v) is 11.1. The summed E-state index contributed by atoms with van der Waals surface area (Å²) in [6, 6.07) is 7.70. The molecule has 3 unspecified atom stereocenters. The van der Waals surface area contributed by atoms with Crippen LogP contribution in [-0.4, -0.2) is 48.6 Å². The molecule has 6 heteroatoms. The van der Waals surface area contributed by atoms with Crippen molar-refractivity contribution in [2.75, 3.05) is 31.5 Å². The molecule has 4 aliphatic rings. The van der Waals surface area contributed by atoms with Gasteiger partial charge in [-0.25, -0.2) is 0 Å². The number of likely N-dealkylation sites (N-methyl/N-ethyl adjacent to an activating group) is 1. The Hall–Kier alpha value is -2.08. The van der Waals surface area contributed by atoms with Gasteiger partial charge in [0.25, 0.3) is 5.91 Å². The van der Waals surface area contributed by atoms with Crippen molar-refractivity contribution < 1.29 is 9.59 Å². The number of amides is 2. The Bertz CT molecular complexity index is 793. The Kier molecular flexibility index (Phi) is 5.32. The molecule has 4 atom stereocenters. The Balaban J connectivity index is 1.47. The molecular weight excluding hydrogens is 364 g/mol. The average Bonchev–Trinajstić information content (AvgIpc) is 2.70. The summed E-state index contributed by atoms with van der Waals surface area (Å²) >= 11 is 0. The van der Waals surface area contributed by atoms with Crippen LogP contribution in [0, 0.1) is 17.3 Å². The molecule has 2 bridgehead atoms. The Labute approximate surface area is 173 Å². The van der Waals surface area contributed by atoms with Crippen LogP contribution < -0.4 is 16.0 Å². The largest absolute Gasteiger partial charge is 0.362 e. The number of benzene rings is 1. The van der Waals surface area contributed by atoms with E-state index < -0.39 is 5.66 Å². The van der Waals surface area contributed by atoms with E-state index in [1.165, 1.54) is 0 Å². The molecule has 0 aromatic heterocycles. The number of carbonyl (C=O) groups excluding carboxylic acids is 2. The molecule has 0 saturated heterocycles. The van der Waals surface area contributed by atoms with Crippen molar-refractivity contribution in [3.8, 4) is 0 Å². The maximum absolute atomic E-state index is 13.0. The number of fused-ring (bicyclic) bond motifs is 3. The number of anilines is 1. The van der Waals surface area contributed by atoms with Crippen LogP contribution in [0.2, 0.25) is 0 Å². The zero-order valence-electron chi connectivity index (χ0n) is 17.9. The average molecular weight is 399 g/mol. The maximum Gasteiger partial charge on any atom is 0.255 e. The molecule has 158 valence electrons. The summed E-state index contributed by atoms with van der Waals surface area (Å²) in [5.74, 6) is 0.456. The third-order valence-corrected chi connectivity index (χ3v) is 7.61. The smallest absolute Gasteiger partial charge is 0.255 e. The van der Waals surface area contributed by atoms with Crippen LogP contribution in [0.3, 0.4) is 0 Å². The summed E-state index contributed by atoms with van der Waals surface area (Å²) in [4.78, 5) is 28.2. The van der Waals surface area contributed by atoms with Crippen LogP contribution in [0.1, 0.15) is 56.8 Å². The lowest BCUT2D eigenvalue weighted by Gasteiger charge is -2.60.